The molecule has 2 atom stereocenters. The molecule has 0 spiro atoms. The largest absolute Gasteiger partial charge is 0.347 e. The van der Waals surface area contributed by atoms with E-state index in [2.05, 4.69) is 15.2 Å². The third-order valence-corrected chi connectivity index (χ3v) is 6.31. The van der Waals surface area contributed by atoms with E-state index in [0.29, 0.717) is 18.8 Å². The maximum absolute atomic E-state index is 14.1. The third kappa shape index (κ3) is 3.93. The Balaban J connectivity index is 1.48. The molecule has 4 aromatic rings. The smallest absolute Gasteiger partial charge is 0.263 e. The topological polar surface area (TPSA) is 84.5 Å². The van der Waals surface area contributed by atoms with E-state index in [0.717, 1.165) is 23.3 Å². The highest BCUT2D eigenvalue weighted by Gasteiger charge is 2.35. The van der Waals surface area contributed by atoms with Crippen LogP contribution < -0.4 is 15.8 Å². The Hall–Kier alpha value is -4.01. The van der Waals surface area contributed by atoms with Crippen LogP contribution in [-0.2, 0) is 13.5 Å². The van der Waals surface area contributed by atoms with Crippen LogP contribution in [0.3, 0.4) is 0 Å². The molecule has 34 heavy (non-hydrogen) atoms. The lowest BCUT2D eigenvalue weighted by molar-refractivity contribution is 0.0937. The van der Waals surface area contributed by atoms with Crippen LogP contribution in [0, 0.1) is 5.82 Å². The fourth-order valence-corrected chi connectivity index (χ4v) is 4.56. The molecule has 3 aromatic heterocycles. The van der Waals surface area contributed by atoms with Crippen LogP contribution in [0.1, 0.15) is 41.0 Å². The number of hydrogen-bond acceptors (Lipinski definition) is 5. The summed E-state index contributed by atoms with van der Waals surface area (Å²) in [5.41, 5.74) is 2.29. The molecule has 174 valence electrons. The molecular formula is C25H25FN6O2. The van der Waals surface area contributed by atoms with Gasteiger partial charge in [0.05, 0.1) is 17.9 Å². The first-order chi connectivity index (χ1) is 16.4. The molecule has 9 heteroatoms. The number of aromatic nitrogens is 4. The predicted molar refractivity (Wildman–Crippen MR) is 126 cm³/mol. The van der Waals surface area contributed by atoms with Gasteiger partial charge in [0.1, 0.15) is 17.2 Å². The van der Waals surface area contributed by atoms with E-state index in [-0.39, 0.29) is 29.0 Å². The maximum Gasteiger partial charge on any atom is 0.263 e. The molecule has 4 heterocycles. The van der Waals surface area contributed by atoms with E-state index >= 15 is 0 Å². The second-order valence-electron chi connectivity index (χ2n) is 8.53. The zero-order chi connectivity index (χ0) is 23.8. The average molecular weight is 461 g/mol. The molecule has 1 N–H and O–H groups in total. The second-order valence-corrected chi connectivity index (χ2v) is 8.53. The number of nitrogens with one attached hydrogen (secondary N) is 1. The predicted octanol–water partition coefficient (Wildman–Crippen LogP) is 2.88. The Bertz CT molecular complexity index is 1430. The summed E-state index contributed by atoms with van der Waals surface area (Å²) in [4.78, 5) is 31.8. The molecule has 1 aliphatic heterocycles. The number of anilines is 1. The van der Waals surface area contributed by atoms with Crippen LogP contribution in [0.15, 0.2) is 65.7 Å². The zero-order valence-corrected chi connectivity index (χ0v) is 19.0. The number of nitrogens with zero attached hydrogens (tertiary/aromatic N) is 5. The van der Waals surface area contributed by atoms with Crippen LogP contribution >= 0.6 is 0 Å². The lowest BCUT2D eigenvalue weighted by atomic mass is 10.0. The summed E-state index contributed by atoms with van der Waals surface area (Å²) in [6.45, 7) is 2.51. The van der Waals surface area contributed by atoms with Gasteiger partial charge in [-0.1, -0.05) is 19.1 Å². The van der Waals surface area contributed by atoms with Crippen molar-refractivity contribution >= 4 is 17.4 Å². The van der Waals surface area contributed by atoms with E-state index in [1.54, 1.807) is 25.4 Å². The summed E-state index contributed by atoms with van der Waals surface area (Å²) in [6.07, 6.45) is 4.75. The van der Waals surface area contributed by atoms with Gasteiger partial charge in [0.15, 0.2) is 5.65 Å². The van der Waals surface area contributed by atoms with Crippen molar-refractivity contribution in [1.82, 2.24) is 24.5 Å². The van der Waals surface area contributed by atoms with Crippen molar-refractivity contribution in [1.29, 1.82) is 0 Å². The van der Waals surface area contributed by atoms with Crippen molar-refractivity contribution in [3.63, 3.8) is 0 Å². The van der Waals surface area contributed by atoms with Crippen molar-refractivity contribution in [2.24, 2.45) is 7.05 Å². The molecule has 1 amide bonds. The number of halogens is 1. The molecule has 1 aliphatic rings. The Morgan fingerprint density at radius 3 is 2.85 bits per heavy atom. The minimum absolute atomic E-state index is 0.0938. The number of rotatable bonds is 5. The molecule has 0 bridgehead atoms. The quantitative estimate of drug-likeness (QED) is 0.495. The van der Waals surface area contributed by atoms with E-state index in [4.69, 9.17) is 5.10 Å². The average Bonchev–Trinajstić information content (AvgIpc) is 3.44. The minimum atomic E-state index is -0.419. The van der Waals surface area contributed by atoms with Gasteiger partial charge in [-0.2, -0.15) is 0 Å². The molecule has 1 saturated heterocycles. The number of fused-ring (bicyclic) bond motifs is 1. The Morgan fingerprint density at radius 2 is 2.06 bits per heavy atom. The van der Waals surface area contributed by atoms with Gasteiger partial charge in [-0.25, -0.2) is 13.9 Å². The van der Waals surface area contributed by atoms with Crippen molar-refractivity contribution < 1.29 is 9.18 Å². The number of amides is 1. The summed E-state index contributed by atoms with van der Waals surface area (Å²) in [5, 5.41) is 7.80. The SMILES string of the molecule is CCc1cnc2ccc(N3CC(NC(=O)c4cccn(C)c4=O)C[C@@H]3c3cccc(F)c3)nn12. The first-order valence-corrected chi connectivity index (χ1v) is 11.3. The highest BCUT2D eigenvalue weighted by molar-refractivity contribution is 5.94. The number of carbonyl (C=O) groups is 1. The Morgan fingerprint density at radius 1 is 1.21 bits per heavy atom. The number of hydrogen-bond donors (Lipinski definition) is 1. The highest BCUT2D eigenvalue weighted by Crippen LogP contribution is 2.36. The number of aryl methyl sites for hydroxylation is 2. The molecule has 0 saturated carbocycles. The minimum Gasteiger partial charge on any atom is -0.347 e. The molecule has 1 unspecified atom stereocenters. The molecule has 1 fully saturated rings. The van der Waals surface area contributed by atoms with Crippen molar-refractivity contribution in [2.45, 2.75) is 31.8 Å². The van der Waals surface area contributed by atoms with Gasteiger partial charge in [0.25, 0.3) is 11.5 Å². The number of carbonyl (C=O) groups excluding carboxylic acids is 1. The summed E-state index contributed by atoms with van der Waals surface area (Å²) < 4.78 is 17.3. The van der Waals surface area contributed by atoms with Gasteiger partial charge >= 0.3 is 0 Å². The molecule has 1 aromatic carbocycles. The summed E-state index contributed by atoms with van der Waals surface area (Å²) in [5.74, 6) is -0.0248. The van der Waals surface area contributed by atoms with E-state index in [1.165, 1.54) is 22.8 Å². The zero-order valence-electron chi connectivity index (χ0n) is 19.0. The maximum atomic E-state index is 14.1. The first kappa shape index (κ1) is 21.8. The number of pyridine rings is 1. The fraction of sp³-hybridized carbons (Fsp3) is 0.280. The first-order valence-electron chi connectivity index (χ1n) is 11.3. The van der Waals surface area contributed by atoms with Gasteiger partial charge in [0.2, 0.25) is 0 Å². The third-order valence-electron chi connectivity index (χ3n) is 6.31. The van der Waals surface area contributed by atoms with Gasteiger partial charge < -0.3 is 14.8 Å². The van der Waals surface area contributed by atoms with E-state index in [9.17, 15) is 14.0 Å². The van der Waals surface area contributed by atoms with Crippen LogP contribution in [0.2, 0.25) is 0 Å². The molecule has 0 radical (unpaired) electrons. The van der Waals surface area contributed by atoms with E-state index in [1.807, 2.05) is 35.8 Å². The number of imidazole rings is 1. The van der Waals surface area contributed by atoms with Crippen LogP contribution in [0.25, 0.3) is 5.65 Å². The standard InChI is InChI=1S/C25H25FN6O2/c1-3-19-14-27-22-9-10-23(29-32(19)22)31-15-18(13-21(31)16-6-4-7-17(26)12-16)28-24(33)20-8-5-11-30(2)25(20)34/h4-12,14,18,21H,3,13,15H2,1-2H3,(H,28,33)/t18?,21-/m1/s1. The molecule has 0 aliphatic carbocycles. The van der Waals surface area contributed by atoms with Crippen molar-refractivity contribution in [3.05, 3.63) is 93.9 Å². The summed E-state index contributed by atoms with van der Waals surface area (Å²) in [7, 11) is 1.61. The second kappa shape index (κ2) is 8.74. The van der Waals surface area contributed by atoms with Crippen LogP contribution in [0.5, 0.6) is 0 Å². The van der Waals surface area contributed by atoms with E-state index < -0.39 is 5.91 Å². The fourth-order valence-electron chi connectivity index (χ4n) is 4.56. The highest BCUT2D eigenvalue weighted by atomic mass is 19.1. The van der Waals surface area contributed by atoms with Gasteiger partial charge in [-0.3, -0.25) is 9.59 Å². The Labute approximate surface area is 195 Å². The van der Waals surface area contributed by atoms with Crippen molar-refractivity contribution in [2.75, 3.05) is 11.4 Å². The summed E-state index contributed by atoms with van der Waals surface area (Å²) >= 11 is 0. The number of benzene rings is 1. The van der Waals surface area contributed by atoms with Crippen LogP contribution in [0.4, 0.5) is 10.2 Å². The molecule has 8 nitrogen and oxygen atoms in total. The summed E-state index contributed by atoms with van der Waals surface area (Å²) in [6, 6.07) is 13.0. The van der Waals surface area contributed by atoms with Gasteiger partial charge in [-0.15, -0.1) is 5.10 Å². The molecular weight excluding hydrogens is 435 g/mol. The van der Waals surface area contributed by atoms with Crippen molar-refractivity contribution in [3.8, 4) is 0 Å². The Kier molecular flexibility index (Phi) is 5.61. The normalized spacial score (nSPS) is 17.9. The lowest BCUT2D eigenvalue weighted by Gasteiger charge is -2.26. The lowest BCUT2D eigenvalue weighted by Crippen LogP contribution is -2.40. The van der Waals surface area contributed by atoms with Crippen LogP contribution in [-0.4, -0.2) is 37.7 Å². The van der Waals surface area contributed by atoms with Gasteiger partial charge in [0, 0.05) is 25.8 Å². The van der Waals surface area contributed by atoms with Gasteiger partial charge in [-0.05, 0) is 54.8 Å². The monoisotopic (exact) mass is 460 g/mol. The molecule has 5 rings (SSSR count).